The predicted molar refractivity (Wildman–Crippen MR) is 88.4 cm³/mol. The van der Waals surface area contributed by atoms with E-state index in [9.17, 15) is 9.90 Å². The van der Waals surface area contributed by atoms with Gasteiger partial charge in [-0.15, -0.1) is 0 Å². The number of carboxylic acids is 1. The zero-order valence-corrected chi connectivity index (χ0v) is 13.5. The van der Waals surface area contributed by atoms with Gasteiger partial charge in [-0.2, -0.15) is 0 Å². The van der Waals surface area contributed by atoms with E-state index in [1.165, 1.54) is 19.3 Å². The lowest BCUT2D eigenvalue weighted by Gasteiger charge is -2.01. The van der Waals surface area contributed by atoms with Gasteiger partial charge >= 0.3 is 5.97 Å². The number of aliphatic carboxylic acids is 1. The molecule has 0 saturated carbocycles. The van der Waals surface area contributed by atoms with Gasteiger partial charge in [-0.05, 0) is 38.5 Å². The first-order chi connectivity index (χ1) is 10.2. The third-order valence-corrected chi connectivity index (χ3v) is 3.39. The lowest BCUT2D eigenvalue weighted by molar-refractivity contribution is -0.137. The molecule has 0 saturated heterocycles. The van der Waals surface area contributed by atoms with E-state index in [1.807, 2.05) is 12.2 Å². The Morgan fingerprint density at radius 3 is 2.33 bits per heavy atom. The molecule has 21 heavy (non-hydrogen) atoms. The van der Waals surface area contributed by atoms with Crippen LogP contribution in [0.2, 0.25) is 0 Å². The first kappa shape index (κ1) is 19.9. The van der Waals surface area contributed by atoms with Gasteiger partial charge in [0.05, 0.1) is 6.10 Å². The predicted octanol–water partition coefficient (Wildman–Crippen LogP) is 4.86. The third kappa shape index (κ3) is 16.9. The van der Waals surface area contributed by atoms with E-state index >= 15 is 0 Å². The van der Waals surface area contributed by atoms with Crippen molar-refractivity contribution in [3.05, 3.63) is 24.3 Å². The van der Waals surface area contributed by atoms with Crippen LogP contribution in [0.1, 0.15) is 77.6 Å². The first-order valence-electron chi connectivity index (χ1n) is 8.38. The molecule has 0 aliphatic heterocycles. The number of hydrogen-bond acceptors (Lipinski definition) is 2. The Balaban J connectivity index is 3.41. The highest BCUT2D eigenvalue weighted by atomic mass is 16.4. The molecule has 0 heterocycles. The summed E-state index contributed by atoms with van der Waals surface area (Å²) in [7, 11) is 0. The third-order valence-electron chi connectivity index (χ3n) is 3.39. The molecule has 0 aromatic heterocycles. The van der Waals surface area contributed by atoms with Gasteiger partial charge in [0.15, 0.2) is 0 Å². The van der Waals surface area contributed by atoms with E-state index in [-0.39, 0.29) is 12.5 Å². The fraction of sp³-hybridized carbons (Fsp3) is 0.722. The molecule has 0 aliphatic carbocycles. The molecule has 1 atom stereocenters. The fourth-order valence-corrected chi connectivity index (χ4v) is 2.09. The standard InChI is InChI=1S/C18H32O3/c1-2-3-4-5-8-11-14-17(19)15-12-9-6-7-10-13-16-18(20)21/h8,11-12,15,17,19H,2-7,9-10,13-14,16H2,1H3,(H,20,21)/b11-8-,15-12+. The van der Waals surface area contributed by atoms with Crippen molar-refractivity contribution in [1.82, 2.24) is 0 Å². The Kier molecular flexibility index (Phi) is 14.5. The maximum atomic E-state index is 10.3. The topological polar surface area (TPSA) is 57.5 Å². The minimum absolute atomic E-state index is 0.277. The van der Waals surface area contributed by atoms with Crippen molar-refractivity contribution in [2.24, 2.45) is 0 Å². The summed E-state index contributed by atoms with van der Waals surface area (Å²) in [6.07, 6.45) is 18.4. The average Bonchev–Trinajstić information content (AvgIpc) is 2.45. The van der Waals surface area contributed by atoms with Crippen molar-refractivity contribution >= 4 is 5.97 Å². The molecule has 0 aromatic carbocycles. The number of unbranched alkanes of at least 4 members (excludes halogenated alkanes) is 7. The molecule has 0 bridgehead atoms. The summed E-state index contributed by atoms with van der Waals surface area (Å²) in [6.45, 7) is 2.20. The Morgan fingerprint density at radius 1 is 0.952 bits per heavy atom. The molecule has 122 valence electrons. The molecule has 0 aromatic rings. The molecule has 3 nitrogen and oxygen atoms in total. The van der Waals surface area contributed by atoms with Crippen LogP contribution >= 0.6 is 0 Å². The van der Waals surface area contributed by atoms with Gasteiger partial charge < -0.3 is 10.2 Å². The van der Waals surface area contributed by atoms with Gasteiger partial charge in [0.25, 0.3) is 0 Å². The maximum Gasteiger partial charge on any atom is 0.303 e. The van der Waals surface area contributed by atoms with Crippen molar-refractivity contribution in [1.29, 1.82) is 0 Å². The number of allylic oxidation sites excluding steroid dienone is 2. The Hall–Kier alpha value is -1.09. The summed E-state index contributed by atoms with van der Waals surface area (Å²) in [5.41, 5.74) is 0. The van der Waals surface area contributed by atoms with Gasteiger partial charge in [-0.1, -0.05) is 56.9 Å². The van der Waals surface area contributed by atoms with Crippen LogP contribution in [0.5, 0.6) is 0 Å². The van der Waals surface area contributed by atoms with Crippen LogP contribution in [0.4, 0.5) is 0 Å². The van der Waals surface area contributed by atoms with Crippen LogP contribution in [0, 0.1) is 0 Å². The normalized spacial score (nSPS) is 13.2. The summed E-state index contributed by atoms with van der Waals surface area (Å²) in [6, 6.07) is 0. The summed E-state index contributed by atoms with van der Waals surface area (Å²) >= 11 is 0. The van der Waals surface area contributed by atoms with E-state index < -0.39 is 5.97 Å². The van der Waals surface area contributed by atoms with E-state index in [0.29, 0.717) is 6.42 Å². The Morgan fingerprint density at radius 2 is 1.62 bits per heavy atom. The molecule has 0 fully saturated rings. The highest BCUT2D eigenvalue weighted by molar-refractivity contribution is 5.66. The number of hydrogen-bond donors (Lipinski definition) is 2. The molecule has 0 amide bonds. The van der Waals surface area contributed by atoms with Crippen molar-refractivity contribution in [2.75, 3.05) is 0 Å². The molecule has 2 N–H and O–H groups in total. The van der Waals surface area contributed by atoms with Gasteiger partial charge in [-0.3, -0.25) is 4.79 Å². The van der Waals surface area contributed by atoms with Crippen LogP contribution in [-0.2, 0) is 4.79 Å². The number of carbonyl (C=O) groups is 1. The van der Waals surface area contributed by atoms with Gasteiger partial charge in [0, 0.05) is 6.42 Å². The van der Waals surface area contributed by atoms with Gasteiger partial charge in [0.1, 0.15) is 0 Å². The van der Waals surface area contributed by atoms with Crippen LogP contribution < -0.4 is 0 Å². The second kappa shape index (κ2) is 15.3. The average molecular weight is 296 g/mol. The van der Waals surface area contributed by atoms with E-state index in [4.69, 9.17) is 5.11 Å². The van der Waals surface area contributed by atoms with Crippen LogP contribution in [0.3, 0.4) is 0 Å². The summed E-state index contributed by atoms with van der Waals surface area (Å²) in [5, 5.41) is 18.3. The zero-order chi connectivity index (χ0) is 15.8. The Labute approximate surface area is 129 Å². The van der Waals surface area contributed by atoms with Crippen molar-refractivity contribution in [2.45, 2.75) is 83.7 Å². The maximum absolute atomic E-state index is 10.3. The molecule has 0 rings (SSSR count). The lowest BCUT2D eigenvalue weighted by Crippen LogP contribution is -1.99. The summed E-state index contributed by atoms with van der Waals surface area (Å²) in [4.78, 5) is 10.3. The minimum atomic E-state index is -0.708. The monoisotopic (exact) mass is 296 g/mol. The van der Waals surface area contributed by atoms with Crippen molar-refractivity contribution in [3.63, 3.8) is 0 Å². The van der Waals surface area contributed by atoms with Gasteiger partial charge in [0.2, 0.25) is 0 Å². The molecule has 3 heteroatoms. The highest BCUT2D eigenvalue weighted by Crippen LogP contribution is 2.07. The van der Waals surface area contributed by atoms with Crippen molar-refractivity contribution in [3.8, 4) is 0 Å². The Bertz CT molecular complexity index is 295. The van der Waals surface area contributed by atoms with Crippen LogP contribution in [0.25, 0.3) is 0 Å². The van der Waals surface area contributed by atoms with Gasteiger partial charge in [-0.25, -0.2) is 0 Å². The lowest BCUT2D eigenvalue weighted by atomic mass is 10.1. The molecule has 0 spiro atoms. The second-order valence-corrected chi connectivity index (χ2v) is 5.55. The first-order valence-corrected chi connectivity index (χ1v) is 8.38. The quantitative estimate of drug-likeness (QED) is 0.355. The molecular weight excluding hydrogens is 264 g/mol. The second-order valence-electron chi connectivity index (χ2n) is 5.55. The van der Waals surface area contributed by atoms with Crippen molar-refractivity contribution < 1.29 is 15.0 Å². The van der Waals surface area contributed by atoms with E-state index in [0.717, 1.165) is 38.5 Å². The molecule has 1 unspecified atom stereocenters. The number of rotatable bonds is 14. The van der Waals surface area contributed by atoms with E-state index in [1.54, 1.807) is 0 Å². The summed E-state index contributed by atoms with van der Waals surface area (Å²) < 4.78 is 0. The SMILES string of the molecule is CCCCC/C=C\CC(O)/C=C/CCCCCCC(=O)O. The van der Waals surface area contributed by atoms with Crippen LogP contribution in [0.15, 0.2) is 24.3 Å². The molecular formula is C18H32O3. The number of carboxylic acid groups (broad SMARTS) is 1. The molecule has 0 radical (unpaired) electrons. The fourth-order valence-electron chi connectivity index (χ4n) is 2.09. The highest BCUT2D eigenvalue weighted by Gasteiger charge is 1.96. The van der Waals surface area contributed by atoms with E-state index in [2.05, 4.69) is 19.1 Å². The number of aliphatic hydroxyl groups excluding tert-OH is 1. The minimum Gasteiger partial charge on any atom is -0.481 e. The van der Waals surface area contributed by atoms with Crippen LogP contribution in [-0.4, -0.2) is 22.3 Å². The zero-order valence-electron chi connectivity index (χ0n) is 13.5. The largest absolute Gasteiger partial charge is 0.481 e. The number of aliphatic hydroxyl groups is 1. The smallest absolute Gasteiger partial charge is 0.303 e. The summed E-state index contributed by atoms with van der Waals surface area (Å²) in [5.74, 6) is -0.708. The molecule has 0 aliphatic rings.